The van der Waals surface area contributed by atoms with Crippen LogP contribution < -0.4 is 5.32 Å². The van der Waals surface area contributed by atoms with Gasteiger partial charge in [-0.3, -0.25) is 0 Å². The number of hydrogen-bond acceptors (Lipinski definition) is 2. The summed E-state index contributed by atoms with van der Waals surface area (Å²) in [5, 5.41) is 11.1. The van der Waals surface area contributed by atoms with Gasteiger partial charge in [-0.2, -0.15) is 5.26 Å². The number of nitrogens with one attached hydrogen (secondary N) is 1. The molecule has 1 aliphatic heterocycles. The van der Waals surface area contributed by atoms with Crippen LogP contribution in [0.1, 0.15) is 12.8 Å². The van der Waals surface area contributed by atoms with Crippen molar-refractivity contribution in [2.45, 2.75) is 18.8 Å². The quantitative estimate of drug-likeness (QED) is 0.561. The first-order valence-electron chi connectivity index (χ1n) is 3.84. The van der Waals surface area contributed by atoms with Crippen LogP contribution in [0.2, 0.25) is 0 Å². The van der Waals surface area contributed by atoms with Crippen LogP contribution in [0.4, 0.5) is 8.78 Å². The van der Waals surface area contributed by atoms with Gasteiger partial charge in [0.15, 0.2) is 0 Å². The summed E-state index contributed by atoms with van der Waals surface area (Å²) in [4.78, 5) is 0. The predicted molar refractivity (Wildman–Crippen MR) is 40.7 cm³/mol. The fourth-order valence-electron chi connectivity index (χ4n) is 1.19. The van der Waals surface area contributed by atoms with Crippen molar-refractivity contribution in [3.63, 3.8) is 0 Å². The second-order valence-corrected chi connectivity index (χ2v) is 2.75. The summed E-state index contributed by atoms with van der Waals surface area (Å²) < 4.78 is 26.1. The van der Waals surface area contributed by atoms with Gasteiger partial charge < -0.3 is 5.32 Å². The first kappa shape index (κ1) is 9.14. The molecule has 1 fully saturated rings. The lowest BCUT2D eigenvalue weighted by molar-refractivity contribution is 0.0346. The van der Waals surface area contributed by atoms with E-state index in [0.29, 0.717) is 13.1 Å². The summed E-state index contributed by atoms with van der Waals surface area (Å²) in [5.74, 6) is -2.79. The molecule has 2 nitrogen and oxygen atoms in total. The van der Waals surface area contributed by atoms with Crippen LogP contribution in [-0.4, -0.2) is 19.0 Å². The highest BCUT2D eigenvalue weighted by Crippen LogP contribution is 2.30. The van der Waals surface area contributed by atoms with Gasteiger partial charge in [-0.25, -0.2) is 8.78 Å². The Kier molecular flexibility index (Phi) is 2.77. The maximum Gasteiger partial charge on any atom is 0.271 e. The Labute approximate surface area is 69.9 Å². The van der Waals surface area contributed by atoms with Crippen molar-refractivity contribution in [3.8, 4) is 6.07 Å². The molecule has 1 N–H and O–H groups in total. The second kappa shape index (κ2) is 3.63. The van der Waals surface area contributed by atoms with Crippen LogP contribution in [0, 0.1) is 11.3 Å². The van der Waals surface area contributed by atoms with Gasteiger partial charge in [0, 0.05) is 24.6 Å². The molecule has 0 radical (unpaired) electrons. The number of alkyl halides is 2. The normalized spacial score (nSPS) is 26.2. The number of rotatable bonds is 0. The zero-order valence-corrected chi connectivity index (χ0v) is 6.61. The average Bonchev–Trinajstić information content (AvgIpc) is 2.15. The Balaban J connectivity index is 2.80. The standard InChI is InChI=1S/C8H10F2N2/c9-8(10)3-6-12-5-2-7(8)1-4-11/h1,12H,2-3,5-6H2/b7-1+. The predicted octanol–water partition coefficient (Wildman–Crippen LogP) is 1.46. The Morgan fingerprint density at radius 3 is 2.92 bits per heavy atom. The number of nitriles is 1. The molecule has 0 amide bonds. The molecule has 0 aromatic carbocycles. The van der Waals surface area contributed by atoms with E-state index >= 15 is 0 Å². The summed E-state index contributed by atoms with van der Waals surface area (Å²) in [7, 11) is 0. The molecular weight excluding hydrogens is 162 g/mol. The third kappa shape index (κ3) is 2.02. The molecule has 1 heterocycles. The summed E-state index contributed by atoms with van der Waals surface area (Å²) in [6.07, 6.45) is 1.02. The maximum atomic E-state index is 13.1. The molecule has 0 aromatic heterocycles. The Bertz CT molecular complexity index is 228. The smallest absolute Gasteiger partial charge is 0.271 e. The molecule has 0 spiro atoms. The number of nitrogens with zero attached hydrogens (tertiary/aromatic N) is 1. The molecule has 0 bridgehead atoms. The van der Waals surface area contributed by atoms with Gasteiger partial charge in [0.05, 0.1) is 6.07 Å². The second-order valence-electron chi connectivity index (χ2n) is 2.75. The molecule has 66 valence electrons. The third-order valence-electron chi connectivity index (χ3n) is 1.90. The van der Waals surface area contributed by atoms with Crippen molar-refractivity contribution in [3.05, 3.63) is 11.6 Å². The Hall–Kier alpha value is -0.950. The lowest BCUT2D eigenvalue weighted by Crippen LogP contribution is -2.20. The van der Waals surface area contributed by atoms with E-state index < -0.39 is 5.92 Å². The molecule has 0 aromatic rings. The lowest BCUT2D eigenvalue weighted by Gasteiger charge is -2.14. The van der Waals surface area contributed by atoms with Crippen molar-refractivity contribution in [1.29, 1.82) is 5.26 Å². The Morgan fingerprint density at radius 1 is 1.50 bits per heavy atom. The first-order valence-corrected chi connectivity index (χ1v) is 3.84. The molecule has 12 heavy (non-hydrogen) atoms. The van der Waals surface area contributed by atoms with Crippen LogP contribution in [-0.2, 0) is 0 Å². The SMILES string of the molecule is N#C/C=C1\CCNCCC1(F)F. The minimum atomic E-state index is -2.79. The van der Waals surface area contributed by atoms with Crippen LogP contribution in [0.25, 0.3) is 0 Å². The van der Waals surface area contributed by atoms with Gasteiger partial charge in [0.2, 0.25) is 0 Å². The summed E-state index contributed by atoms with van der Waals surface area (Å²) in [6.45, 7) is 0.846. The highest BCUT2D eigenvalue weighted by molar-refractivity contribution is 5.21. The third-order valence-corrected chi connectivity index (χ3v) is 1.90. The van der Waals surface area contributed by atoms with Gasteiger partial charge in [-0.1, -0.05) is 0 Å². The largest absolute Gasteiger partial charge is 0.316 e. The molecule has 0 atom stereocenters. The number of allylic oxidation sites excluding steroid dienone is 1. The molecule has 1 rings (SSSR count). The van der Waals surface area contributed by atoms with Gasteiger partial charge in [0.25, 0.3) is 5.92 Å². The minimum Gasteiger partial charge on any atom is -0.316 e. The fourth-order valence-corrected chi connectivity index (χ4v) is 1.19. The molecule has 1 aliphatic rings. The highest BCUT2D eigenvalue weighted by Gasteiger charge is 2.34. The van der Waals surface area contributed by atoms with Crippen LogP contribution in [0.5, 0.6) is 0 Å². The topological polar surface area (TPSA) is 35.8 Å². The van der Waals surface area contributed by atoms with E-state index in [1.807, 2.05) is 0 Å². The van der Waals surface area contributed by atoms with Crippen molar-refractivity contribution < 1.29 is 8.78 Å². The molecule has 0 aliphatic carbocycles. The van der Waals surface area contributed by atoms with Gasteiger partial charge in [-0.15, -0.1) is 0 Å². The van der Waals surface area contributed by atoms with Crippen LogP contribution in [0.3, 0.4) is 0 Å². The summed E-state index contributed by atoms with van der Waals surface area (Å²) >= 11 is 0. The maximum absolute atomic E-state index is 13.1. The van der Waals surface area contributed by atoms with E-state index in [2.05, 4.69) is 5.32 Å². The average molecular weight is 172 g/mol. The lowest BCUT2D eigenvalue weighted by atomic mass is 10.0. The highest BCUT2D eigenvalue weighted by atomic mass is 19.3. The van der Waals surface area contributed by atoms with Crippen LogP contribution in [0.15, 0.2) is 11.6 Å². The van der Waals surface area contributed by atoms with E-state index in [0.717, 1.165) is 6.08 Å². The van der Waals surface area contributed by atoms with Crippen LogP contribution >= 0.6 is 0 Å². The summed E-state index contributed by atoms with van der Waals surface area (Å²) in [6, 6.07) is 1.65. The zero-order chi connectivity index (χ0) is 9.03. The van der Waals surface area contributed by atoms with Gasteiger partial charge >= 0.3 is 0 Å². The molecule has 4 heteroatoms. The van der Waals surface area contributed by atoms with E-state index in [1.54, 1.807) is 6.07 Å². The summed E-state index contributed by atoms with van der Waals surface area (Å²) in [5.41, 5.74) is -0.0463. The van der Waals surface area contributed by atoms with Crippen molar-refractivity contribution in [2.24, 2.45) is 0 Å². The number of hydrogen-bond donors (Lipinski definition) is 1. The van der Waals surface area contributed by atoms with E-state index in [9.17, 15) is 8.78 Å². The fraction of sp³-hybridized carbons (Fsp3) is 0.625. The van der Waals surface area contributed by atoms with Gasteiger partial charge in [-0.05, 0) is 13.0 Å². The van der Waals surface area contributed by atoms with Crippen molar-refractivity contribution in [1.82, 2.24) is 5.32 Å². The number of halogens is 2. The van der Waals surface area contributed by atoms with Crippen molar-refractivity contribution >= 4 is 0 Å². The monoisotopic (exact) mass is 172 g/mol. The van der Waals surface area contributed by atoms with Crippen molar-refractivity contribution in [2.75, 3.05) is 13.1 Å². The van der Waals surface area contributed by atoms with E-state index in [1.165, 1.54) is 0 Å². The molecule has 0 saturated carbocycles. The molecule has 0 unspecified atom stereocenters. The van der Waals surface area contributed by atoms with Gasteiger partial charge in [0.1, 0.15) is 0 Å². The minimum absolute atomic E-state index is 0.0463. The van der Waals surface area contributed by atoms with E-state index in [-0.39, 0.29) is 18.4 Å². The first-order chi connectivity index (χ1) is 5.67. The molecule has 1 saturated heterocycles. The van der Waals surface area contributed by atoms with E-state index in [4.69, 9.17) is 5.26 Å². The molecular formula is C8H10F2N2. The Morgan fingerprint density at radius 2 is 2.25 bits per heavy atom. The zero-order valence-electron chi connectivity index (χ0n) is 6.61.